The number of furan rings is 1. The molecule has 0 N–H and O–H groups in total. The highest BCUT2D eigenvalue weighted by Crippen LogP contribution is 2.26. The van der Waals surface area contributed by atoms with Crippen molar-refractivity contribution < 1.29 is 9.21 Å². The van der Waals surface area contributed by atoms with Gasteiger partial charge in [-0.1, -0.05) is 61.5 Å². The molecule has 1 heterocycles. The predicted molar refractivity (Wildman–Crippen MR) is 84.2 cm³/mol. The zero-order valence-corrected chi connectivity index (χ0v) is 11.9. The van der Waals surface area contributed by atoms with Gasteiger partial charge in [0.05, 0.1) is 0 Å². The number of hydrogen-bond acceptors (Lipinski definition) is 2. The number of carbonyl (C=O) groups is 1. The quantitative estimate of drug-likeness (QED) is 0.612. The van der Waals surface area contributed by atoms with E-state index in [1.807, 2.05) is 43.3 Å². The van der Waals surface area contributed by atoms with Crippen LogP contribution in [0, 0.1) is 0 Å². The standard InChI is InChI=1S/C19H16O2/c1-2-17(20)19-13-12-18(21-19)16-10-8-15(9-11-16)14-6-4-3-5-7-14/h3-13H,2H2,1H3. The summed E-state index contributed by atoms with van der Waals surface area (Å²) in [7, 11) is 0. The molecule has 0 fully saturated rings. The van der Waals surface area contributed by atoms with E-state index >= 15 is 0 Å². The summed E-state index contributed by atoms with van der Waals surface area (Å²) in [6.07, 6.45) is 0.458. The van der Waals surface area contributed by atoms with Crippen LogP contribution in [0.15, 0.2) is 71.1 Å². The number of carbonyl (C=O) groups excluding carboxylic acids is 1. The Morgan fingerprint density at radius 3 is 2.10 bits per heavy atom. The summed E-state index contributed by atoms with van der Waals surface area (Å²) in [5.74, 6) is 1.19. The Morgan fingerprint density at radius 1 is 0.810 bits per heavy atom. The molecule has 0 aliphatic carbocycles. The Balaban J connectivity index is 1.87. The SMILES string of the molecule is CCC(=O)c1ccc(-c2ccc(-c3ccccc3)cc2)o1. The van der Waals surface area contributed by atoms with Crippen LogP contribution in [-0.4, -0.2) is 5.78 Å². The molecule has 0 bridgehead atoms. The molecule has 0 radical (unpaired) electrons. The lowest BCUT2D eigenvalue weighted by atomic mass is 10.0. The van der Waals surface area contributed by atoms with Crippen LogP contribution in [0.1, 0.15) is 23.9 Å². The van der Waals surface area contributed by atoms with Gasteiger partial charge in [0.2, 0.25) is 0 Å². The van der Waals surface area contributed by atoms with Crippen molar-refractivity contribution in [3.05, 3.63) is 72.5 Å². The molecular weight excluding hydrogens is 260 g/mol. The van der Waals surface area contributed by atoms with E-state index in [2.05, 4.69) is 24.3 Å². The largest absolute Gasteiger partial charge is 0.453 e. The second kappa shape index (κ2) is 5.80. The molecule has 3 rings (SSSR count). The minimum Gasteiger partial charge on any atom is -0.453 e. The van der Waals surface area contributed by atoms with Crippen molar-refractivity contribution in [3.8, 4) is 22.5 Å². The normalized spacial score (nSPS) is 10.5. The molecule has 2 nitrogen and oxygen atoms in total. The molecule has 2 heteroatoms. The maximum atomic E-state index is 11.6. The monoisotopic (exact) mass is 276 g/mol. The molecule has 0 unspecified atom stereocenters. The first-order valence-electron chi connectivity index (χ1n) is 7.07. The van der Waals surface area contributed by atoms with E-state index in [0.29, 0.717) is 12.2 Å². The summed E-state index contributed by atoms with van der Waals surface area (Å²) in [4.78, 5) is 11.6. The van der Waals surface area contributed by atoms with Gasteiger partial charge in [0.15, 0.2) is 11.5 Å². The van der Waals surface area contributed by atoms with Gasteiger partial charge < -0.3 is 4.42 Å². The average Bonchev–Trinajstić information content (AvgIpc) is 3.05. The predicted octanol–water partition coefficient (Wildman–Crippen LogP) is 5.21. The van der Waals surface area contributed by atoms with Crippen molar-refractivity contribution >= 4 is 5.78 Å². The molecule has 0 aliphatic heterocycles. The van der Waals surface area contributed by atoms with E-state index < -0.39 is 0 Å². The number of hydrogen-bond donors (Lipinski definition) is 0. The zero-order chi connectivity index (χ0) is 14.7. The van der Waals surface area contributed by atoms with Crippen molar-refractivity contribution in [2.24, 2.45) is 0 Å². The summed E-state index contributed by atoms with van der Waals surface area (Å²) in [5.41, 5.74) is 3.32. The molecular formula is C19H16O2. The Kier molecular flexibility index (Phi) is 3.69. The van der Waals surface area contributed by atoms with Crippen LogP contribution in [-0.2, 0) is 0 Å². The maximum absolute atomic E-state index is 11.6. The molecule has 0 amide bonds. The van der Waals surface area contributed by atoms with Gasteiger partial charge >= 0.3 is 0 Å². The third-order valence-corrected chi connectivity index (χ3v) is 3.48. The molecule has 0 saturated heterocycles. The van der Waals surface area contributed by atoms with Crippen molar-refractivity contribution in [1.82, 2.24) is 0 Å². The lowest BCUT2D eigenvalue weighted by Gasteiger charge is -2.02. The van der Waals surface area contributed by atoms with E-state index in [9.17, 15) is 4.79 Å². The van der Waals surface area contributed by atoms with Gasteiger partial charge in [-0.2, -0.15) is 0 Å². The number of rotatable bonds is 4. The van der Waals surface area contributed by atoms with E-state index in [1.165, 1.54) is 5.56 Å². The number of benzene rings is 2. The fourth-order valence-electron chi connectivity index (χ4n) is 2.27. The average molecular weight is 276 g/mol. The van der Waals surface area contributed by atoms with Crippen LogP contribution in [0.25, 0.3) is 22.5 Å². The highest BCUT2D eigenvalue weighted by molar-refractivity contribution is 5.93. The molecule has 0 saturated carbocycles. The summed E-state index contributed by atoms with van der Waals surface area (Å²) in [6.45, 7) is 1.83. The number of ketones is 1. The summed E-state index contributed by atoms with van der Waals surface area (Å²) in [5, 5.41) is 0. The smallest absolute Gasteiger partial charge is 0.197 e. The van der Waals surface area contributed by atoms with E-state index in [0.717, 1.165) is 16.9 Å². The lowest BCUT2D eigenvalue weighted by Crippen LogP contribution is -1.92. The third kappa shape index (κ3) is 2.79. The topological polar surface area (TPSA) is 30.2 Å². The second-order valence-electron chi connectivity index (χ2n) is 4.88. The van der Waals surface area contributed by atoms with E-state index in [4.69, 9.17) is 4.42 Å². The molecule has 2 aromatic carbocycles. The van der Waals surface area contributed by atoms with Crippen LogP contribution in [0.4, 0.5) is 0 Å². The van der Waals surface area contributed by atoms with Crippen molar-refractivity contribution in [2.45, 2.75) is 13.3 Å². The van der Waals surface area contributed by atoms with Gasteiger partial charge in [0, 0.05) is 12.0 Å². The van der Waals surface area contributed by atoms with Gasteiger partial charge in [0.25, 0.3) is 0 Å². The van der Waals surface area contributed by atoms with E-state index in [1.54, 1.807) is 6.07 Å². The van der Waals surface area contributed by atoms with Crippen LogP contribution in [0.2, 0.25) is 0 Å². The van der Waals surface area contributed by atoms with Gasteiger partial charge in [-0.15, -0.1) is 0 Å². The molecule has 0 aliphatic rings. The fraction of sp³-hybridized carbons (Fsp3) is 0.105. The first kappa shape index (κ1) is 13.4. The molecule has 0 atom stereocenters. The lowest BCUT2D eigenvalue weighted by molar-refractivity contribution is 0.0962. The van der Waals surface area contributed by atoms with Crippen molar-refractivity contribution in [2.75, 3.05) is 0 Å². The first-order valence-corrected chi connectivity index (χ1v) is 7.07. The Hall–Kier alpha value is -2.61. The minimum atomic E-state index is 0.0298. The summed E-state index contributed by atoms with van der Waals surface area (Å²) >= 11 is 0. The Morgan fingerprint density at radius 2 is 1.43 bits per heavy atom. The Labute approximate surface area is 124 Å². The summed E-state index contributed by atoms with van der Waals surface area (Å²) in [6, 6.07) is 22.0. The first-order chi connectivity index (χ1) is 10.3. The summed E-state index contributed by atoms with van der Waals surface area (Å²) < 4.78 is 5.62. The van der Waals surface area contributed by atoms with Crippen molar-refractivity contribution in [3.63, 3.8) is 0 Å². The number of Topliss-reactive ketones (excluding diaryl/α,β-unsaturated/α-hetero) is 1. The molecule has 21 heavy (non-hydrogen) atoms. The molecule has 0 spiro atoms. The van der Waals surface area contributed by atoms with Gasteiger partial charge in [-0.05, 0) is 23.3 Å². The van der Waals surface area contributed by atoms with Gasteiger partial charge in [-0.3, -0.25) is 4.79 Å². The maximum Gasteiger partial charge on any atom is 0.197 e. The van der Waals surface area contributed by atoms with Crippen LogP contribution in [0.3, 0.4) is 0 Å². The second-order valence-corrected chi connectivity index (χ2v) is 4.88. The van der Waals surface area contributed by atoms with E-state index in [-0.39, 0.29) is 5.78 Å². The molecule has 104 valence electrons. The van der Waals surface area contributed by atoms with Crippen molar-refractivity contribution in [1.29, 1.82) is 0 Å². The third-order valence-electron chi connectivity index (χ3n) is 3.48. The Bertz CT molecular complexity index is 737. The van der Waals surface area contributed by atoms with Crippen LogP contribution >= 0.6 is 0 Å². The highest BCUT2D eigenvalue weighted by atomic mass is 16.3. The molecule has 3 aromatic rings. The minimum absolute atomic E-state index is 0.0298. The van der Waals surface area contributed by atoms with Crippen LogP contribution < -0.4 is 0 Å². The fourth-order valence-corrected chi connectivity index (χ4v) is 2.27. The van der Waals surface area contributed by atoms with Gasteiger partial charge in [-0.25, -0.2) is 0 Å². The molecule has 1 aromatic heterocycles. The van der Waals surface area contributed by atoms with Crippen LogP contribution in [0.5, 0.6) is 0 Å². The van der Waals surface area contributed by atoms with Gasteiger partial charge in [0.1, 0.15) is 5.76 Å². The zero-order valence-electron chi connectivity index (χ0n) is 11.9. The highest BCUT2D eigenvalue weighted by Gasteiger charge is 2.10.